The fourth-order valence-electron chi connectivity index (χ4n) is 4.09. The summed E-state index contributed by atoms with van der Waals surface area (Å²) in [4.78, 5) is 19.9. The fourth-order valence-corrected chi connectivity index (χ4v) is 4.80. The number of halogens is 2. The maximum absolute atomic E-state index is 13.2. The third-order valence-electron chi connectivity index (χ3n) is 5.20. The number of aromatic nitrogens is 2. The van der Waals surface area contributed by atoms with Crippen molar-refractivity contribution >= 4 is 33.4 Å². The lowest BCUT2D eigenvalue weighted by molar-refractivity contribution is 0.0738. The molecule has 1 saturated heterocycles. The Bertz CT molecular complexity index is 1050. The fraction of sp³-hybridized carbons (Fsp3) is 0.200. The molecule has 1 aromatic heterocycles. The molecule has 3 aromatic rings. The summed E-state index contributed by atoms with van der Waals surface area (Å²) >= 11 is 9.78. The Morgan fingerprint density at radius 2 is 2.04 bits per heavy atom. The first-order valence-corrected chi connectivity index (χ1v) is 9.75. The SMILES string of the molecule is O=C1c2c(Br)cccc2-n2cnc(-c3cccc(Cl)c3)c2[C@@H]2CCCN12. The first kappa shape index (κ1) is 16.1. The van der Waals surface area contributed by atoms with E-state index in [0.717, 1.165) is 46.5 Å². The Labute approximate surface area is 164 Å². The van der Waals surface area contributed by atoms with Crippen LogP contribution in [0.1, 0.15) is 34.9 Å². The Balaban J connectivity index is 1.82. The molecule has 1 amide bonds. The van der Waals surface area contributed by atoms with Crippen LogP contribution in [0.25, 0.3) is 16.9 Å². The molecule has 2 aromatic carbocycles. The number of fused-ring (bicyclic) bond motifs is 5. The van der Waals surface area contributed by atoms with Crippen molar-refractivity contribution in [2.24, 2.45) is 0 Å². The average Bonchev–Trinajstić information content (AvgIpc) is 3.25. The number of imidazole rings is 1. The highest BCUT2D eigenvalue weighted by atomic mass is 79.9. The molecule has 0 spiro atoms. The van der Waals surface area contributed by atoms with Gasteiger partial charge in [-0.15, -0.1) is 0 Å². The van der Waals surface area contributed by atoms with E-state index in [-0.39, 0.29) is 11.9 Å². The number of amides is 1. The first-order chi connectivity index (χ1) is 12.6. The van der Waals surface area contributed by atoms with E-state index in [9.17, 15) is 4.79 Å². The predicted molar refractivity (Wildman–Crippen MR) is 105 cm³/mol. The van der Waals surface area contributed by atoms with Gasteiger partial charge in [-0.3, -0.25) is 9.36 Å². The third kappa shape index (κ3) is 2.27. The smallest absolute Gasteiger partial charge is 0.257 e. The van der Waals surface area contributed by atoms with E-state index in [1.165, 1.54) is 0 Å². The van der Waals surface area contributed by atoms with Crippen LogP contribution in [-0.2, 0) is 0 Å². The van der Waals surface area contributed by atoms with E-state index in [0.29, 0.717) is 10.6 Å². The van der Waals surface area contributed by atoms with Crippen LogP contribution in [0.3, 0.4) is 0 Å². The van der Waals surface area contributed by atoms with E-state index in [1.807, 2.05) is 53.7 Å². The molecule has 3 heterocycles. The molecule has 2 aliphatic heterocycles. The molecule has 130 valence electrons. The summed E-state index contributed by atoms with van der Waals surface area (Å²) in [5.41, 5.74) is 4.51. The van der Waals surface area contributed by atoms with Crippen LogP contribution < -0.4 is 0 Å². The first-order valence-electron chi connectivity index (χ1n) is 8.58. The third-order valence-corrected chi connectivity index (χ3v) is 6.09. The Morgan fingerprint density at radius 1 is 1.19 bits per heavy atom. The number of nitrogens with zero attached hydrogens (tertiary/aromatic N) is 3. The highest BCUT2D eigenvalue weighted by molar-refractivity contribution is 9.10. The summed E-state index contributed by atoms with van der Waals surface area (Å²) in [6, 6.07) is 13.6. The van der Waals surface area contributed by atoms with Crippen molar-refractivity contribution in [3.8, 4) is 16.9 Å². The highest BCUT2D eigenvalue weighted by Crippen LogP contribution is 2.43. The molecular weight excluding hydrogens is 414 g/mol. The van der Waals surface area contributed by atoms with Gasteiger partial charge in [0.1, 0.15) is 6.33 Å². The molecule has 6 heteroatoms. The van der Waals surface area contributed by atoms with Gasteiger partial charge in [0.05, 0.1) is 28.7 Å². The molecule has 0 unspecified atom stereocenters. The normalized spacial score (nSPS) is 18.3. The summed E-state index contributed by atoms with van der Waals surface area (Å²) in [5.74, 6) is 0.0794. The summed E-state index contributed by atoms with van der Waals surface area (Å²) in [5, 5.41) is 0.681. The van der Waals surface area contributed by atoms with Crippen molar-refractivity contribution in [3.05, 3.63) is 69.5 Å². The van der Waals surface area contributed by atoms with Gasteiger partial charge in [-0.2, -0.15) is 0 Å². The van der Waals surface area contributed by atoms with E-state index < -0.39 is 0 Å². The van der Waals surface area contributed by atoms with Gasteiger partial charge in [-0.1, -0.05) is 29.8 Å². The summed E-state index contributed by atoms with van der Waals surface area (Å²) in [6.45, 7) is 0.768. The van der Waals surface area contributed by atoms with Crippen LogP contribution >= 0.6 is 27.5 Å². The van der Waals surface area contributed by atoms with E-state index in [4.69, 9.17) is 16.6 Å². The maximum Gasteiger partial charge on any atom is 0.257 e. The topological polar surface area (TPSA) is 38.1 Å². The molecule has 0 aliphatic carbocycles. The van der Waals surface area contributed by atoms with Crippen molar-refractivity contribution in [3.63, 3.8) is 0 Å². The maximum atomic E-state index is 13.2. The molecule has 1 atom stereocenters. The molecule has 0 radical (unpaired) electrons. The van der Waals surface area contributed by atoms with Crippen molar-refractivity contribution in [2.75, 3.05) is 6.54 Å². The van der Waals surface area contributed by atoms with Crippen LogP contribution in [-0.4, -0.2) is 26.9 Å². The molecule has 2 aliphatic rings. The summed E-state index contributed by atoms with van der Waals surface area (Å²) in [6.07, 6.45) is 3.76. The quantitative estimate of drug-likeness (QED) is 0.531. The van der Waals surface area contributed by atoms with Crippen LogP contribution in [0.4, 0.5) is 0 Å². The minimum Gasteiger partial charge on any atom is -0.330 e. The van der Waals surface area contributed by atoms with Crippen molar-refractivity contribution in [1.29, 1.82) is 0 Å². The Hall–Kier alpha value is -2.11. The van der Waals surface area contributed by atoms with Crippen LogP contribution in [0.15, 0.2) is 53.3 Å². The number of hydrogen-bond acceptors (Lipinski definition) is 2. The van der Waals surface area contributed by atoms with Crippen molar-refractivity contribution in [1.82, 2.24) is 14.5 Å². The molecule has 0 N–H and O–H groups in total. The second-order valence-corrected chi connectivity index (χ2v) is 7.94. The molecule has 0 saturated carbocycles. The zero-order valence-corrected chi connectivity index (χ0v) is 16.2. The molecule has 4 nitrogen and oxygen atoms in total. The number of carbonyl (C=O) groups excluding carboxylic acids is 1. The second-order valence-electron chi connectivity index (χ2n) is 6.65. The van der Waals surface area contributed by atoms with Gasteiger partial charge in [0, 0.05) is 21.6 Å². The molecule has 0 bridgehead atoms. The van der Waals surface area contributed by atoms with Gasteiger partial charge in [-0.25, -0.2) is 4.98 Å². The molecule has 26 heavy (non-hydrogen) atoms. The highest BCUT2D eigenvalue weighted by Gasteiger charge is 2.39. The Morgan fingerprint density at radius 3 is 2.88 bits per heavy atom. The molecule has 1 fully saturated rings. The zero-order chi connectivity index (χ0) is 17.8. The van der Waals surface area contributed by atoms with E-state index in [1.54, 1.807) is 0 Å². The van der Waals surface area contributed by atoms with Gasteiger partial charge in [0.25, 0.3) is 5.91 Å². The van der Waals surface area contributed by atoms with Gasteiger partial charge >= 0.3 is 0 Å². The Kier molecular flexibility index (Phi) is 3.69. The van der Waals surface area contributed by atoms with Gasteiger partial charge < -0.3 is 4.90 Å². The van der Waals surface area contributed by atoms with Crippen molar-refractivity contribution < 1.29 is 4.79 Å². The van der Waals surface area contributed by atoms with Gasteiger partial charge in [0.2, 0.25) is 0 Å². The summed E-state index contributed by atoms with van der Waals surface area (Å²) in [7, 11) is 0. The lowest BCUT2D eigenvalue weighted by Gasteiger charge is -2.23. The van der Waals surface area contributed by atoms with E-state index in [2.05, 4.69) is 20.5 Å². The predicted octanol–water partition coefficient (Wildman–Crippen LogP) is 5.25. The van der Waals surface area contributed by atoms with Crippen molar-refractivity contribution in [2.45, 2.75) is 18.9 Å². The minimum absolute atomic E-state index is 0.0262. The number of hydrogen-bond donors (Lipinski definition) is 0. The number of rotatable bonds is 1. The van der Waals surface area contributed by atoms with Crippen LogP contribution in [0.2, 0.25) is 5.02 Å². The summed E-state index contributed by atoms with van der Waals surface area (Å²) < 4.78 is 2.89. The minimum atomic E-state index is 0.0262. The zero-order valence-electron chi connectivity index (χ0n) is 13.8. The lowest BCUT2D eigenvalue weighted by Crippen LogP contribution is -2.29. The second kappa shape index (κ2) is 5.96. The van der Waals surface area contributed by atoms with Gasteiger partial charge in [-0.05, 0) is 53.0 Å². The lowest BCUT2D eigenvalue weighted by atomic mass is 10.0. The number of benzene rings is 2. The molecular formula is C20H15BrClN3O. The average molecular weight is 429 g/mol. The van der Waals surface area contributed by atoms with E-state index >= 15 is 0 Å². The van der Waals surface area contributed by atoms with Crippen LogP contribution in [0.5, 0.6) is 0 Å². The molecule has 5 rings (SSSR count). The standard InChI is InChI=1S/C20H15BrClN3O/c21-14-6-2-7-15-17(14)20(26)24-9-3-8-16(24)19-18(23-11-25(15)19)12-4-1-5-13(22)10-12/h1-2,4-7,10-11,16H,3,8-9H2/t16-/m0/s1. The van der Waals surface area contributed by atoms with Crippen LogP contribution in [0, 0.1) is 0 Å². The monoisotopic (exact) mass is 427 g/mol. The largest absolute Gasteiger partial charge is 0.330 e. The van der Waals surface area contributed by atoms with Gasteiger partial charge in [0.15, 0.2) is 0 Å². The number of carbonyl (C=O) groups is 1.